The summed E-state index contributed by atoms with van der Waals surface area (Å²) in [5, 5.41) is 5.55. The van der Waals surface area contributed by atoms with Crippen molar-refractivity contribution in [3.05, 3.63) is 84.2 Å². The van der Waals surface area contributed by atoms with Crippen molar-refractivity contribution in [1.29, 1.82) is 0 Å². The van der Waals surface area contributed by atoms with Gasteiger partial charge in [0.1, 0.15) is 11.3 Å². The van der Waals surface area contributed by atoms with Gasteiger partial charge in [0.25, 0.3) is 5.91 Å². The zero-order valence-corrected chi connectivity index (χ0v) is 15.3. The highest BCUT2D eigenvalue weighted by atomic mass is 32.1. The molecule has 0 fully saturated rings. The van der Waals surface area contributed by atoms with E-state index in [2.05, 4.69) is 15.6 Å². The molecule has 0 unspecified atom stereocenters. The summed E-state index contributed by atoms with van der Waals surface area (Å²) < 4.78 is 19.0. The van der Waals surface area contributed by atoms with E-state index in [0.717, 1.165) is 22.7 Å². The number of anilines is 1. The minimum absolute atomic E-state index is 0.115. The normalized spacial score (nSPS) is 10.6. The molecule has 7 heteroatoms. The van der Waals surface area contributed by atoms with Crippen LogP contribution in [0.25, 0.3) is 22.6 Å². The van der Waals surface area contributed by atoms with E-state index in [0.29, 0.717) is 11.6 Å². The number of nitrogens with zero attached hydrogens (tertiary/aromatic N) is 1. The number of hydrogen-bond acceptors (Lipinski definition) is 4. The van der Waals surface area contributed by atoms with Crippen LogP contribution in [0.3, 0.4) is 0 Å². The highest BCUT2D eigenvalue weighted by Gasteiger charge is 2.10. The summed E-state index contributed by atoms with van der Waals surface area (Å²) >= 11 is 5.15. The molecule has 1 amide bonds. The van der Waals surface area contributed by atoms with Crippen molar-refractivity contribution in [1.82, 2.24) is 10.3 Å². The van der Waals surface area contributed by atoms with Gasteiger partial charge in [-0.25, -0.2) is 9.37 Å². The first-order valence-corrected chi connectivity index (χ1v) is 8.83. The summed E-state index contributed by atoms with van der Waals surface area (Å²) in [6.07, 6.45) is 0. The van der Waals surface area contributed by atoms with Crippen LogP contribution in [0.1, 0.15) is 10.4 Å². The first kappa shape index (κ1) is 17.8. The van der Waals surface area contributed by atoms with Crippen molar-refractivity contribution < 1.29 is 13.6 Å². The molecule has 0 saturated heterocycles. The first-order valence-electron chi connectivity index (χ1n) is 8.42. The van der Waals surface area contributed by atoms with Crippen LogP contribution in [0.5, 0.6) is 0 Å². The van der Waals surface area contributed by atoms with Gasteiger partial charge in [-0.2, -0.15) is 0 Å². The molecule has 4 aromatic rings. The molecule has 0 saturated carbocycles. The van der Waals surface area contributed by atoms with Crippen molar-refractivity contribution >= 4 is 40.0 Å². The summed E-state index contributed by atoms with van der Waals surface area (Å²) in [5.41, 5.74) is 3.21. The molecule has 0 radical (unpaired) electrons. The van der Waals surface area contributed by atoms with E-state index in [-0.39, 0.29) is 10.7 Å². The number of halogens is 1. The van der Waals surface area contributed by atoms with Gasteiger partial charge in [0.05, 0.1) is 0 Å². The summed E-state index contributed by atoms with van der Waals surface area (Å²) in [4.78, 5) is 16.5. The zero-order valence-electron chi connectivity index (χ0n) is 14.5. The fourth-order valence-electron chi connectivity index (χ4n) is 2.66. The number of fused-ring (bicyclic) bond motifs is 1. The van der Waals surface area contributed by atoms with Crippen LogP contribution in [0.4, 0.5) is 10.1 Å². The molecular formula is C21H14FN3O2S. The quantitative estimate of drug-likeness (QED) is 0.493. The van der Waals surface area contributed by atoms with Crippen LogP contribution in [-0.2, 0) is 0 Å². The Morgan fingerprint density at radius 2 is 1.79 bits per heavy atom. The van der Waals surface area contributed by atoms with Crippen LogP contribution in [0.15, 0.2) is 77.2 Å². The van der Waals surface area contributed by atoms with Crippen molar-refractivity contribution in [2.75, 3.05) is 5.32 Å². The Kier molecular flexibility index (Phi) is 4.82. The fraction of sp³-hybridized carbons (Fsp3) is 0. The maximum Gasteiger partial charge on any atom is 0.257 e. The predicted octanol–water partition coefficient (Wildman–Crippen LogP) is 4.76. The lowest BCUT2D eigenvalue weighted by molar-refractivity contribution is 0.0977. The second-order valence-electron chi connectivity index (χ2n) is 5.98. The van der Waals surface area contributed by atoms with Gasteiger partial charge in [-0.05, 0) is 66.8 Å². The molecular weight excluding hydrogens is 377 g/mol. The average Bonchev–Trinajstić information content (AvgIpc) is 3.12. The van der Waals surface area contributed by atoms with Gasteiger partial charge in [0.2, 0.25) is 5.89 Å². The second-order valence-corrected chi connectivity index (χ2v) is 6.39. The number of aromatic nitrogens is 1. The Balaban J connectivity index is 1.42. The molecule has 1 aromatic heterocycles. The lowest BCUT2D eigenvalue weighted by Gasteiger charge is -2.10. The summed E-state index contributed by atoms with van der Waals surface area (Å²) in [7, 11) is 0. The van der Waals surface area contributed by atoms with Gasteiger partial charge in [-0.3, -0.25) is 10.1 Å². The maximum atomic E-state index is 13.2. The lowest BCUT2D eigenvalue weighted by Crippen LogP contribution is -2.34. The highest BCUT2D eigenvalue weighted by molar-refractivity contribution is 7.80. The fourth-order valence-corrected chi connectivity index (χ4v) is 2.87. The summed E-state index contributed by atoms with van der Waals surface area (Å²) in [5.74, 6) is -0.448. The van der Waals surface area contributed by atoms with E-state index < -0.39 is 11.7 Å². The molecule has 0 aliphatic heterocycles. The Labute approximate surface area is 165 Å². The van der Waals surface area contributed by atoms with Crippen molar-refractivity contribution in [2.24, 2.45) is 0 Å². The van der Waals surface area contributed by atoms with E-state index in [4.69, 9.17) is 16.6 Å². The average molecular weight is 391 g/mol. The molecule has 28 heavy (non-hydrogen) atoms. The Hall–Kier alpha value is -3.58. The third-order valence-corrected chi connectivity index (χ3v) is 4.20. The number of para-hydroxylation sites is 2. The third-order valence-electron chi connectivity index (χ3n) is 4.00. The molecule has 0 aliphatic rings. The summed E-state index contributed by atoms with van der Waals surface area (Å²) in [6, 6.07) is 20.2. The number of nitrogens with one attached hydrogen (secondary N) is 2. The van der Waals surface area contributed by atoms with Gasteiger partial charge in [0, 0.05) is 16.8 Å². The molecule has 4 rings (SSSR count). The Morgan fingerprint density at radius 1 is 1.00 bits per heavy atom. The minimum atomic E-state index is -0.486. The summed E-state index contributed by atoms with van der Waals surface area (Å²) in [6.45, 7) is 0. The predicted molar refractivity (Wildman–Crippen MR) is 110 cm³/mol. The lowest BCUT2D eigenvalue weighted by atomic mass is 10.2. The molecule has 0 spiro atoms. The zero-order chi connectivity index (χ0) is 19.5. The van der Waals surface area contributed by atoms with Gasteiger partial charge in [0.15, 0.2) is 10.7 Å². The third kappa shape index (κ3) is 3.89. The number of hydrogen-bond donors (Lipinski definition) is 2. The molecule has 2 N–H and O–H groups in total. The van der Waals surface area contributed by atoms with E-state index >= 15 is 0 Å². The van der Waals surface area contributed by atoms with E-state index in [1.54, 1.807) is 12.1 Å². The Bertz CT molecular complexity index is 1140. The minimum Gasteiger partial charge on any atom is -0.436 e. The highest BCUT2D eigenvalue weighted by Crippen LogP contribution is 2.25. The number of benzene rings is 3. The molecule has 0 atom stereocenters. The molecule has 5 nitrogen and oxygen atoms in total. The Morgan fingerprint density at radius 3 is 2.54 bits per heavy atom. The second kappa shape index (κ2) is 7.58. The largest absolute Gasteiger partial charge is 0.436 e. The van der Waals surface area contributed by atoms with Crippen molar-refractivity contribution in [3.63, 3.8) is 0 Å². The van der Waals surface area contributed by atoms with E-state index in [9.17, 15) is 9.18 Å². The van der Waals surface area contributed by atoms with Crippen LogP contribution >= 0.6 is 12.2 Å². The van der Waals surface area contributed by atoms with Gasteiger partial charge in [-0.15, -0.1) is 0 Å². The SMILES string of the molecule is O=C(NC(=S)Nc1ccc(-c2nc3ccccc3o2)cc1)c1cccc(F)c1. The number of carbonyl (C=O) groups excluding carboxylic acids is 1. The maximum absolute atomic E-state index is 13.2. The van der Waals surface area contributed by atoms with E-state index in [1.165, 1.54) is 18.2 Å². The van der Waals surface area contributed by atoms with Crippen LogP contribution < -0.4 is 10.6 Å². The van der Waals surface area contributed by atoms with Gasteiger partial charge in [-0.1, -0.05) is 18.2 Å². The van der Waals surface area contributed by atoms with Gasteiger partial charge < -0.3 is 9.73 Å². The van der Waals surface area contributed by atoms with Crippen LogP contribution in [-0.4, -0.2) is 16.0 Å². The molecule has 0 aliphatic carbocycles. The molecule has 138 valence electrons. The number of rotatable bonds is 3. The first-order chi connectivity index (χ1) is 13.6. The van der Waals surface area contributed by atoms with Crippen molar-refractivity contribution in [2.45, 2.75) is 0 Å². The van der Waals surface area contributed by atoms with E-state index in [1.807, 2.05) is 36.4 Å². The van der Waals surface area contributed by atoms with Gasteiger partial charge >= 0.3 is 0 Å². The van der Waals surface area contributed by atoms with Crippen LogP contribution in [0, 0.1) is 5.82 Å². The molecule has 3 aromatic carbocycles. The number of carbonyl (C=O) groups is 1. The number of amides is 1. The smallest absolute Gasteiger partial charge is 0.257 e. The number of oxazole rings is 1. The molecule has 0 bridgehead atoms. The monoisotopic (exact) mass is 391 g/mol. The van der Waals surface area contributed by atoms with Crippen molar-refractivity contribution in [3.8, 4) is 11.5 Å². The van der Waals surface area contributed by atoms with Crippen LogP contribution in [0.2, 0.25) is 0 Å². The topological polar surface area (TPSA) is 67.2 Å². The standard InChI is InChI=1S/C21H14FN3O2S/c22-15-5-3-4-14(12-15)19(26)25-21(28)23-16-10-8-13(9-11-16)20-24-17-6-1-2-7-18(17)27-20/h1-12H,(H2,23,25,26,28). The number of thiocarbonyl (C=S) groups is 1. The molecule has 1 heterocycles.